The van der Waals surface area contributed by atoms with Crippen LogP contribution in [0.1, 0.15) is 29.7 Å². The summed E-state index contributed by atoms with van der Waals surface area (Å²) in [6.45, 7) is 4.81. The van der Waals surface area contributed by atoms with Crippen molar-refractivity contribution in [3.8, 4) is 5.75 Å². The standard InChI is InChI=1S/C23H29FN6O5/c1-12-11-35-21-18-13(8-15(24)19(21)29-6-4-28(3)5-7-29)20(32)14(10-30(12)18)22(33)27-16(9-17(25)31)23(34)26-2/h8,10,12,16H,4-7,9,11H2,1-3H3,(H2,25,31)(H,26,34)(H,27,33)/t12?,16-/m0/s1. The van der Waals surface area contributed by atoms with E-state index in [2.05, 4.69) is 15.5 Å². The molecule has 35 heavy (non-hydrogen) atoms. The van der Waals surface area contributed by atoms with E-state index < -0.39 is 41.4 Å². The van der Waals surface area contributed by atoms with E-state index in [0.29, 0.717) is 24.3 Å². The number of benzene rings is 1. The molecule has 3 heterocycles. The monoisotopic (exact) mass is 488 g/mol. The number of nitrogens with one attached hydrogen (secondary N) is 2. The van der Waals surface area contributed by atoms with Crippen molar-refractivity contribution in [2.75, 3.05) is 51.8 Å². The molecule has 0 aliphatic carbocycles. The molecule has 2 aliphatic heterocycles. The van der Waals surface area contributed by atoms with E-state index in [4.69, 9.17) is 10.5 Å². The van der Waals surface area contributed by atoms with Gasteiger partial charge in [0.1, 0.15) is 23.9 Å². The van der Waals surface area contributed by atoms with Gasteiger partial charge in [-0.2, -0.15) is 0 Å². The Kier molecular flexibility index (Phi) is 6.66. The fourth-order valence-corrected chi connectivity index (χ4v) is 4.52. The van der Waals surface area contributed by atoms with Gasteiger partial charge in [0.15, 0.2) is 11.6 Å². The van der Waals surface area contributed by atoms with Gasteiger partial charge in [-0.15, -0.1) is 0 Å². The lowest BCUT2D eigenvalue weighted by molar-refractivity contribution is -0.126. The highest BCUT2D eigenvalue weighted by molar-refractivity contribution is 6.02. The number of carbonyl (C=O) groups is 3. The van der Waals surface area contributed by atoms with Gasteiger partial charge in [-0.3, -0.25) is 19.2 Å². The second-order valence-electron chi connectivity index (χ2n) is 8.97. The number of amides is 3. The quantitative estimate of drug-likeness (QED) is 0.501. The molecule has 1 saturated heterocycles. The highest BCUT2D eigenvalue weighted by atomic mass is 19.1. The topological polar surface area (TPSA) is 139 Å². The lowest BCUT2D eigenvalue weighted by atomic mass is 10.0. The van der Waals surface area contributed by atoms with Gasteiger partial charge < -0.3 is 35.5 Å². The van der Waals surface area contributed by atoms with E-state index in [-0.39, 0.29) is 29.3 Å². The Hall–Kier alpha value is -3.67. The number of aromatic nitrogens is 1. The number of likely N-dealkylation sites (N-methyl/N-ethyl adjacent to an activating group) is 2. The number of piperazine rings is 1. The number of hydrogen-bond donors (Lipinski definition) is 3. The number of anilines is 1. The molecule has 188 valence electrons. The summed E-state index contributed by atoms with van der Waals surface area (Å²) in [6.07, 6.45) is 0.956. The first-order chi connectivity index (χ1) is 16.6. The molecule has 0 saturated carbocycles. The number of ether oxygens (including phenoxy) is 1. The third kappa shape index (κ3) is 4.53. The SMILES string of the molecule is CNC(=O)[C@H](CC(N)=O)NC(=O)c1cn2c3c(c(N4CCN(C)CC4)c(F)cc3c1=O)OCC2C. The molecule has 2 atom stereocenters. The van der Waals surface area contributed by atoms with Crippen LogP contribution in [-0.4, -0.2) is 80.1 Å². The average molecular weight is 489 g/mol. The predicted octanol–water partition coefficient (Wildman–Crippen LogP) is -0.434. The van der Waals surface area contributed by atoms with Crippen molar-refractivity contribution in [2.45, 2.75) is 25.4 Å². The Morgan fingerprint density at radius 2 is 1.94 bits per heavy atom. The summed E-state index contributed by atoms with van der Waals surface area (Å²) in [6, 6.07) is -0.360. The molecule has 1 aromatic heterocycles. The van der Waals surface area contributed by atoms with E-state index in [9.17, 15) is 19.2 Å². The minimum absolute atomic E-state index is 0.000900. The number of hydrogen-bond acceptors (Lipinski definition) is 7. The van der Waals surface area contributed by atoms with Crippen LogP contribution < -0.4 is 31.4 Å². The van der Waals surface area contributed by atoms with Gasteiger partial charge in [-0.25, -0.2) is 4.39 Å². The maximum absolute atomic E-state index is 15.4. The van der Waals surface area contributed by atoms with Crippen molar-refractivity contribution < 1.29 is 23.5 Å². The summed E-state index contributed by atoms with van der Waals surface area (Å²) in [5, 5.41) is 4.75. The fraction of sp³-hybridized carbons (Fsp3) is 0.478. The molecular weight excluding hydrogens is 459 g/mol. The van der Waals surface area contributed by atoms with Crippen molar-refractivity contribution in [1.82, 2.24) is 20.1 Å². The van der Waals surface area contributed by atoms with Crippen LogP contribution in [0.25, 0.3) is 10.9 Å². The molecule has 1 fully saturated rings. The van der Waals surface area contributed by atoms with Crippen molar-refractivity contribution in [2.24, 2.45) is 5.73 Å². The van der Waals surface area contributed by atoms with Crippen LogP contribution in [0, 0.1) is 5.82 Å². The van der Waals surface area contributed by atoms with Gasteiger partial charge in [0, 0.05) is 39.4 Å². The second kappa shape index (κ2) is 9.53. The lowest BCUT2D eigenvalue weighted by Gasteiger charge is -2.37. The zero-order valence-corrected chi connectivity index (χ0v) is 19.9. The van der Waals surface area contributed by atoms with E-state index in [0.717, 1.165) is 19.2 Å². The van der Waals surface area contributed by atoms with Crippen LogP contribution in [0.2, 0.25) is 0 Å². The number of nitrogens with zero attached hydrogens (tertiary/aromatic N) is 3. The first-order valence-electron chi connectivity index (χ1n) is 11.4. The Morgan fingerprint density at radius 1 is 1.26 bits per heavy atom. The van der Waals surface area contributed by atoms with Crippen LogP contribution in [0.4, 0.5) is 10.1 Å². The van der Waals surface area contributed by atoms with Crippen LogP contribution >= 0.6 is 0 Å². The van der Waals surface area contributed by atoms with Crippen molar-refractivity contribution >= 4 is 34.3 Å². The highest BCUT2D eigenvalue weighted by Crippen LogP contribution is 2.42. The Morgan fingerprint density at radius 3 is 2.57 bits per heavy atom. The summed E-state index contributed by atoms with van der Waals surface area (Å²) in [7, 11) is 3.35. The average Bonchev–Trinajstić information content (AvgIpc) is 2.82. The Labute approximate surface area is 201 Å². The van der Waals surface area contributed by atoms with E-state index in [1.54, 1.807) is 4.57 Å². The Bertz CT molecular complexity index is 1250. The third-order valence-corrected chi connectivity index (χ3v) is 6.48. The number of nitrogens with two attached hydrogens (primary N) is 1. The summed E-state index contributed by atoms with van der Waals surface area (Å²) in [4.78, 5) is 53.9. The van der Waals surface area contributed by atoms with Gasteiger partial charge in [0.2, 0.25) is 17.2 Å². The van der Waals surface area contributed by atoms with Crippen LogP contribution in [0.3, 0.4) is 0 Å². The molecule has 2 aromatic rings. The van der Waals surface area contributed by atoms with Crippen LogP contribution in [0.5, 0.6) is 5.75 Å². The molecule has 3 amide bonds. The molecule has 1 unspecified atom stereocenters. The zero-order valence-electron chi connectivity index (χ0n) is 19.9. The summed E-state index contributed by atoms with van der Waals surface area (Å²) < 4.78 is 23.1. The third-order valence-electron chi connectivity index (χ3n) is 6.48. The maximum atomic E-state index is 15.4. The molecule has 11 nitrogen and oxygen atoms in total. The second-order valence-corrected chi connectivity index (χ2v) is 8.97. The molecule has 0 radical (unpaired) electrons. The van der Waals surface area contributed by atoms with Crippen molar-refractivity contribution in [1.29, 1.82) is 0 Å². The molecular formula is C23H29FN6O5. The summed E-state index contributed by atoms with van der Waals surface area (Å²) >= 11 is 0. The summed E-state index contributed by atoms with van der Waals surface area (Å²) in [5.41, 5.74) is 4.94. The first-order valence-corrected chi connectivity index (χ1v) is 11.4. The minimum Gasteiger partial charge on any atom is -0.487 e. The van der Waals surface area contributed by atoms with Gasteiger partial charge in [-0.1, -0.05) is 0 Å². The van der Waals surface area contributed by atoms with Crippen molar-refractivity contribution in [3.63, 3.8) is 0 Å². The fourth-order valence-electron chi connectivity index (χ4n) is 4.52. The van der Waals surface area contributed by atoms with Gasteiger partial charge >= 0.3 is 0 Å². The van der Waals surface area contributed by atoms with Crippen LogP contribution in [0.15, 0.2) is 17.1 Å². The molecule has 1 aromatic carbocycles. The maximum Gasteiger partial charge on any atom is 0.257 e. The summed E-state index contributed by atoms with van der Waals surface area (Å²) in [5.74, 6) is -2.61. The molecule has 2 aliphatic rings. The number of halogens is 1. The van der Waals surface area contributed by atoms with Crippen molar-refractivity contribution in [3.05, 3.63) is 33.9 Å². The van der Waals surface area contributed by atoms with E-state index in [1.807, 2.05) is 18.9 Å². The zero-order chi connectivity index (χ0) is 25.4. The molecule has 0 bridgehead atoms. The van der Waals surface area contributed by atoms with Gasteiger partial charge in [0.25, 0.3) is 5.91 Å². The minimum atomic E-state index is -1.26. The first kappa shape index (κ1) is 24.5. The molecule has 4 rings (SSSR count). The highest BCUT2D eigenvalue weighted by Gasteiger charge is 2.32. The molecule has 0 spiro atoms. The van der Waals surface area contributed by atoms with Gasteiger partial charge in [-0.05, 0) is 20.0 Å². The number of carbonyl (C=O) groups excluding carboxylic acids is 3. The lowest BCUT2D eigenvalue weighted by Crippen LogP contribution is -2.48. The Balaban J connectivity index is 1.81. The number of rotatable bonds is 6. The smallest absolute Gasteiger partial charge is 0.257 e. The van der Waals surface area contributed by atoms with Gasteiger partial charge in [0.05, 0.1) is 23.4 Å². The molecule has 4 N–H and O–H groups in total. The van der Waals surface area contributed by atoms with E-state index in [1.165, 1.54) is 13.2 Å². The normalized spacial score (nSPS) is 18.6. The number of primary amides is 1. The largest absolute Gasteiger partial charge is 0.487 e. The molecule has 12 heteroatoms. The van der Waals surface area contributed by atoms with E-state index >= 15 is 4.39 Å². The number of pyridine rings is 1. The van der Waals surface area contributed by atoms with Crippen LogP contribution in [-0.2, 0) is 9.59 Å². The predicted molar refractivity (Wildman–Crippen MR) is 127 cm³/mol.